The summed E-state index contributed by atoms with van der Waals surface area (Å²) >= 11 is 4.30. The number of benzene rings is 1. The zero-order valence-corrected chi connectivity index (χ0v) is 10.7. The summed E-state index contributed by atoms with van der Waals surface area (Å²) in [6.07, 6.45) is 0. The zero-order valence-electron chi connectivity index (χ0n) is 9.76. The fourth-order valence-electron chi connectivity index (χ4n) is 1.31. The molecule has 1 rings (SSSR count). The minimum atomic E-state index is 0.189. The lowest BCUT2D eigenvalue weighted by molar-refractivity contribution is 0.225. The van der Waals surface area contributed by atoms with Crippen LogP contribution in [0.5, 0.6) is 0 Å². The van der Waals surface area contributed by atoms with Gasteiger partial charge in [0.15, 0.2) is 0 Å². The summed E-state index contributed by atoms with van der Waals surface area (Å²) in [4.78, 5) is 1.03. The van der Waals surface area contributed by atoms with Gasteiger partial charge in [0.25, 0.3) is 0 Å². The van der Waals surface area contributed by atoms with Crippen LogP contribution in [-0.4, -0.2) is 0 Å². The van der Waals surface area contributed by atoms with Crippen LogP contribution in [-0.2, 0) is 5.41 Å². The summed E-state index contributed by atoms with van der Waals surface area (Å²) in [5.74, 6) is 0. The number of hydrogen-bond donors (Lipinski definition) is 1. The Morgan fingerprint density at radius 2 is 1.29 bits per heavy atom. The smallest absolute Gasteiger partial charge is 0.00401 e. The lowest BCUT2D eigenvalue weighted by Gasteiger charge is -2.39. The highest BCUT2D eigenvalue weighted by Gasteiger charge is 2.33. The maximum Gasteiger partial charge on any atom is 0.00401 e. The Labute approximate surface area is 93.1 Å². The van der Waals surface area contributed by atoms with E-state index in [2.05, 4.69) is 71.5 Å². The van der Waals surface area contributed by atoms with Crippen LogP contribution in [0, 0.1) is 5.41 Å². The molecule has 0 aliphatic rings. The maximum atomic E-state index is 4.30. The van der Waals surface area contributed by atoms with Crippen LogP contribution >= 0.6 is 12.6 Å². The van der Waals surface area contributed by atoms with Gasteiger partial charge in [0, 0.05) is 4.90 Å². The molecule has 0 fully saturated rings. The van der Waals surface area contributed by atoms with Gasteiger partial charge in [-0.3, -0.25) is 0 Å². The minimum absolute atomic E-state index is 0.189. The van der Waals surface area contributed by atoms with Crippen molar-refractivity contribution in [3.8, 4) is 0 Å². The molecule has 0 aliphatic carbocycles. The molecule has 0 heterocycles. The summed E-state index contributed by atoms with van der Waals surface area (Å²) in [7, 11) is 0. The van der Waals surface area contributed by atoms with Crippen LogP contribution in [0.25, 0.3) is 0 Å². The molecule has 1 heteroatoms. The van der Waals surface area contributed by atoms with Crippen molar-refractivity contribution in [1.29, 1.82) is 0 Å². The van der Waals surface area contributed by atoms with E-state index in [9.17, 15) is 0 Å². The van der Waals surface area contributed by atoms with Gasteiger partial charge in [-0.1, -0.05) is 46.8 Å². The average molecular weight is 208 g/mol. The highest BCUT2D eigenvalue weighted by Crippen LogP contribution is 2.40. The number of hydrogen-bond acceptors (Lipinski definition) is 1. The van der Waals surface area contributed by atoms with Crippen LogP contribution in [0.1, 0.15) is 40.2 Å². The Morgan fingerprint density at radius 3 is 1.64 bits per heavy atom. The van der Waals surface area contributed by atoms with Crippen molar-refractivity contribution in [1.82, 2.24) is 0 Å². The topological polar surface area (TPSA) is 0 Å². The molecule has 14 heavy (non-hydrogen) atoms. The summed E-state index contributed by atoms with van der Waals surface area (Å²) in [5.41, 5.74) is 1.84. The third kappa shape index (κ3) is 2.14. The molecule has 0 saturated carbocycles. The van der Waals surface area contributed by atoms with Crippen molar-refractivity contribution in [2.24, 2.45) is 5.41 Å². The molecule has 0 atom stereocenters. The second-order valence-electron chi connectivity index (χ2n) is 5.42. The number of rotatable bonds is 1. The fraction of sp³-hybridized carbons (Fsp3) is 0.538. The molecule has 0 aromatic heterocycles. The van der Waals surface area contributed by atoms with Gasteiger partial charge in [0.05, 0.1) is 0 Å². The molecule has 1 aromatic carbocycles. The maximum absolute atomic E-state index is 4.30. The fourth-order valence-corrected chi connectivity index (χ4v) is 1.46. The quantitative estimate of drug-likeness (QED) is 0.654. The molecule has 0 radical (unpaired) electrons. The summed E-state index contributed by atoms with van der Waals surface area (Å²) in [6.45, 7) is 11.4. The molecular formula is C13H20S. The third-order valence-electron chi connectivity index (χ3n) is 3.46. The second-order valence-corrected chi connectivity index (χ2v) is 5.94. The van der Waals surface area contributed by atoms with Gasteiger partial charge in [-0.2, -0.15) is 0 Å². The van der Waals surface area contributed by atoms with Crippen molar-refractivity contribution in [3.05, 3.63) is 29.8 Å². The lowest BCUT2D eigenvalue weighted by Crippen LogP contribution is -2.33. The van der Waals surface area contributed by atoms with Crippen LogP contribution in [0.15, 0.2) is 29.2 Å². The van der Waals surface area contributed by atoms with E-state index >= 15 is 0 Å². The first kappa shape index (κ1) is 11.6. The predicted molar refractivity (Wildman–Crippen MR) is 66.2 cm³/mol. The zero-order chi connectivity index (χ0) is 11.0. The molecule has 78 valence electrons. The molecule has 0 saturated heterocycles. The molecule has 0 spiro atoms. The van der Waals surface area contributed by atoms with Crippen molar-refractivity contribution >= 4 is 12.6 Å². The van der Waals surface area contributed by atoms with E-state index in [1.54, 1.807) is 0 Å². The highest BCUT2D eigenvalue weighted by atomic mass is 32.1. The summed E-state index contributed by atoms with van der Waals surface area (Å²) in [6, 6.07) is 8.47. The Balaban J connectivity index is 3.10. The predicted octanol–water partition coefficient (Wildman–Crippen LogP) is 4.30. The van der Waals surface area contributed by atoms with Gasteiger partial charge in [-0.25, -0.2) is 0 Å². The summed E-state index contributed by atoms with van der Waals surface area (Å²) < 4.78 is 0. The Hall–Kier alpha value is -0.430. The van der Waals surface area contributed by atoms with E-state index in [0.29, 0.717) is 0 Å². The molecule has 0 unspecified atom stereocenters. The largest absolute Gasteiger partial charge is 0.143 e. The van der Waals surface area contributed by atoms with E-state index in [1.165, 1.54) is 5.56 Å². The van der Waals surface area contributed by atoms with Crippen molar-refractivity contribution in [2.75, 3.05) is 0 Å². The Kier molecular flexibility index (Phi) is 3.01. The molecular weight excluding hydrogens is 188 g/mol. The molecule has 1 aromatic rings. The second kappa shape index (κ2) is 3.62. The van der Waals surface area contributed by atoms with E-state index in [-0.39, 0.29) is 10.8 Å². The van der Waals surface area contributed by atoms with Gasteiger partial charge in [-0.15, -0.1) is 12.6 Å². The van der Waals surface area contributed by atoms with Crippen molar-refractivity contribution in [2.45, 2.75) is 44.9 Å². The van der Waals surface area contributed by atoms with E-state index < -0.39 is 0 Å². The number of thiol groups is 1. The molecule has 0 nitrogen and oxygen atoms in total. The van der Waals surface area contributed by atoms with Crippen LogP contribution in [0.2, 0.25) is 0 Å². The Bertz CT molecular complexity index is 301. The van der Waals surface area contributed by atoms with Crippen LogP contribution in [0.3, 0.4) is 0 Å². The van der Waals surface area contributed by atoms with Gasteiger partial charge in [-0.05, 0) is 28.5 Å². The molecule has 0 amide bonds. The first-order valence-corrected chi connectivity index (χ1v) is 5.49. The third-order valence-corrected chi connectivity index (χ3v) is 3.76. The van der Waals surface area contributed by atoms with Crippen LogP contribution < -0.4 is 0 Å². The normalized spacial score (nSPS) is 13.0. The molecule has 0 aliphatic heterocycles. The minimum Gasteiger partial charge on any atom is -0.143 e. The van der Waals surface area contributed by atoms with Crippen LogP contribution in [0.4, 0.5) is 0 Å². The standard InChI is InChI=1S/C13H20S/c1-12(2,3)13(4,5)10-6-8-11(14)9-7-10/h6-9,14H,1-5H3. The van der Waals surface area contributed by atoms with Gasteiger partial charge in [0.2, 0.25) is 0 Å². The monoisotopic (exact) mass is 208 g/mol. The average Bonchev–Trinajstić information content (AvgIpc) is 2.03. The van der Waals surface area contributed by atoms with E-state index in [4.69, 9.17) is 0 Å². The van der Waals surface area contributed by atoms with Gasteiger partial charge >= 0.3 is 0 Å². The Morgan fingerprint density at radius 1 is 0.857 bits per heavy atom. The first-order valence-electron chi connectivity index (χ1n) is 5.04. The van der Waals surface area contributed by atoms with Gasteiger partial charge in [0.1, 0.15) is 0 Å². The lowest BCUT2D eigenvalue weighted by atomic mass is 9.65. The molecule has 0 bridgehead atoms. The SMILES string of the molecule is CC(C)(C)C(C)(C)c1ccc(S)cc1. The van der Waals surface area contributed by atoms with Crippen molar-refractivity contribution in [3.63, 3.8) is 0 Å². The first-order chi connectivity index (χ1) is 6.25. The molecule has 0 N–H and O–H groups in total. The van der Waals surface area contributed by atoms with Gasteiger partial charge < -0.3 is 0 Å². The van der Waals surface area contributed by atoms with Crippen molar-refractivity contribution < 1.29 is 0 Å². The summed E-state index contributed by atoms with van der Waals surface area (Å²) in [5, 5.41) is 0. The van der Waals surface area contributed by atoms with E-state index in [0.717, 1.165) is 4.90 Å². The highest BCUT2D eigenvalue weighted by molar-refractivity contribution is 7.80. The van der Waals surface area contributed by atoms with E-state index in [1.807, 2.05) is 0 Å².